The first kappa shape index (κ1) is 19.5. The van der Waals surface area contributed by atoms with Crippen molar-refractivity contribution in [2.75, 3.05) is 10.6 Å². The molecule has 0 fully saturated rings. The van der Waals surface area contributed by atoms with Crippen LogP contribution in [0.3, 0.4) is 0 Å². The van der Waals surface area contributed by atoms with Crippen LogP contribution in [0.2, 0.25) is 5.15 Å². The predicted octanol–water partition coefficient (Wildman–Crippen LogP) is 4.52. The van der Waals surface area contributed by atoms with Gasteiger partial charge >= 0.3 is 6.18 Å². The molecule has 0 spiro atoms. The number of nitrogens with one attached hydrogen (secondary N) is 2. The van der Waals surface area contributed by atoms with Crippen LogP contribution in [0.4, 0.5) is 24.7 Å². The Labute approximate surface area is 159 Å². The van der Waals surface area contributed by atoms with Gasteiger partial charge in [-0.2, -0.15) is 18.3 Å². The van der Waals surface area contributed by atoms with Gasteiger partial charge in [0.15, 0.2) is 16.9 Å². The van der Waals surface area contributed by atoms with E-state index in [-0.39, 0.29) is 28.8 Å². The monoisotopic (exact) mass is 401 g/mol. The van der Waals surface area contributed by atoms with E-state index < -0.39 is 29.6 Å². The average molecular weight is 402 g/mol. The van der Waals surface area contributed by atoms with Crippen LogP contribution in [0.1, 0.15) is 43.7 Å². The normalized spacial score (nSPS) is 20.0. The van der Waals surface area contributed by atoms with Crippen molar-refractivity contribution in [3.05, 3.63) is 35.2 Å². The molecule has 1 aliphatic rings. The highest BCUT2D eigenvalue weighted by Crippen LogP contribution is 2.43. The Bertz CT molecular complexity index is 859. The molecule has 0 aliphatic carbocycles. The number of rotatable bonds is 2. The number of carbonyl (C=O) groups is 1. The fourth-order valence-corrected chi connectivity index (χ4v) is 3.09. The van der Waals surface area contributed by atoms with Gasteiger partial charge in [-0.15, -0.1) is 0 Å². The molecule has 0 aromatic carbocycles. The number of hydrogen-bond acceptors (Lipinski definition) is 4. The first-order valence-corrected chi connectivity index (χ1v) is 8.69. The molecule has 0 bridgehead atoms. The third-order valence-corrected chi connectivity index (χ3v) is 4.78. The quantitative estimate of drug-likeness (QED) is 0.726. The number of alkyl halides is 3. The van der Waals surface area contributed by atoms with Crippen molar-refractivity contribution in [3.8, 4) is 0 Å². The summed E-state index contributed by atoms with van der Waals surface area (Å²) in [5.74, 6) is -0.507. The lowest BCUT2D eigenvalue weighted by Crippen LogP contribution is -2.44. The van der Waals surface area contributed by atoms with E-state index >= 15 is 0 Å². The molecule has 0 saturated heterocycles. The largest absolute Gasteiger partial charge is 0.410 e. The standard InChI is InChI=1S/C17H19ClF3N5O/c1-16(2,3)11-8-12(17(19,20)21)26-13(24-11)7-10(25-26)15(27)23-9-5-4-6-22-14(9)18/h4-7,11-12,24H,8H2,1-3H3,(H,23,27). The third kappa shape index (κ3) is 4.02. The number of carbonyl (C=O) groups excluding carboxylic acids is 1. The molecule has 3 rings (SSSR count). The van der Waals surface area contributed by atoms with Crippen molar-refractivity contribution >= 4 is 29.0 Å². The fraction of sp³-hybridized carbons (Fsp3) is 0.471. The number of hydrogen-bond donors (Lipinski definition) is 2. The summed E-state index contributed by atoms with van der Waals surface area (Å²) in [6.07, 6.45) is -3.19. The van der Waals surface area contributed by atoms with Crippen molar-refractivity contribution in [1.29, 1.82) is 0 Å². The molecule has 2 unspecified atom stereocenters. The molecule has 0 radical (unpaired) electrons. The molecule has 2 atom stereocenters. The molecule has 146 valence electrons. The number of fused-ring (bicyclic) bond motifs is 1. The van der Waals surface area contributed by atoms with Crippen molar-refractivity contribution in [3.63, 3.8) is 0 Å². The third-order valence-electron chi connectivity index (χ3n) is 4.48. The minimum Gasteiger partial charge on any atom is -0.367 e. The van der Waals surface area contributed by atoms with E-state index in [2.05, 4.69) is 20.7 Å². The van der Waals surface area contributed by atoms with Crippen LogP contribution in [0, 0.1) is 5.41 Å². The van der Waals surface area contributed by atoms with E-state index in [4.69, 9.17) is 11.6 Å². The van der Waals surface area contributed by atoms with Crippen LogP contribution in [-0.4, -0.2) is 32.9 Å². The van der Waals surface area contributed by atoms with Crippen LogP contribution in [0.25, 0.3) is 0 Å². The Morgan fingerprint density at radius 1 is 1.37 bits per heavy atom. The molecule has 27 heavy (non-hydrogen) atoms. The maximum atomic E-state index is 13.6. The molecular formula is C17H19ClF3N5O. The smallest absolute Gasteiger partial charge is 0.367 e. The van der Waals surface area contributed by atoms with Gasteiger partial charge in [0, 0.05) is 18.3 Å². The van der Waals surface area contributed by atoms with E-state index in [9.17, 15) is 18.0 Å². The first-order valence-electron chi connectivity index (χ1n) is 8.31. The van der Waals surface area contributed by atoms with Crippen LogP contribution in [0.5, 0.6) is 0 Å². The first-order chi connectivity index (χ1) is 12.5. The van der Waals surface area contributed by atoms with Gasteiger partial charge in [-0.05, 0) is 24.0 Å². The van der Waals surface area contributed by atoms with E-state index in [1.54, 1.807) is 6.07 Å². The number of amides is 1. The van der Waals surface area contributed by atoms with E-state index in [0.29, 0.717) is 0 Å². The summed E-state index contributed by atoms with van der Waals surface area (Å²) in [7, 11) is 0. The van der Waals surface area contributed by atoms with E-state index in [0.717, 1.165) is 4.68 Å². The highest BCUT2D eigenvalue weighted by atomic mass is 35.5. The maximum absolute atomic E-state index is 13.6. The zero-order valence-corrected chi connectivity index (χ0v) is 15.7. The topological polar surface area (TPSA) is 71.8 Å². The Hall–Kier alpha value is -2.29. The molecule has 2 aromatic rings. The SMILES string of the molecule is CC(C)(C)C1CC(C(F)(F)F)n2nc(C(=O)Nc3cccnc3Cl)cc2N1. The van der Waals surface area contributed by atoms with Gasteiger partial charge in [0.05, 0.1) is 5.69 Å². The van der Waals surface area contributed by atoms with E-state index in [1.807, 2.05) is 20.8 Å². The van der Waals surface area contributed by atoms with Crippen molar-refractivity contribution < 1.29 is 18.0 Å². The zero-order valence-electron chi connectivity index (χ0n) is 14.9. The summed E-state index contributed by atoms with van der Waals surface area (Å²) in [5, 5.41) is 9.56. The second-order valence-corrected chi connectivity index (χ2v) is 7.87. The van der Waals surface area contributed by atoms with E-state index in [1.165, 1.54) is 18.3 Å². The Morgan fingerprint density at radius 3 is 2.67 bits per heavy atom. The van der Waals surface area contributed by atoms with Gasteiger partial charge in [-0.3, -0.25) is 4.79 Å². The number of aromatic nitrogens is 3. The Kier molecular flexibility index (Phi) is 4.83. The lowest BCUT2D eigenvalue weighted by atomic mass is 9.82. The summed E-state index contributed by atoms with van der Waals surface area (Å²) in [5.41, 5.74) is -0.283. The van der Waals surface area contributed by atoms with Crippen molar-refractivity contribution in [2.45, 2.75) is 45.5 Å². The van der Waals surface area contributed by atoms with Crippen LogP contribution in [0.15, 0.2) is 24.4 Å². The molecule has 0 saturated carbocycles. The van der Waals surface area contributed by atoms with Crippen LogP contribution in [-0.2, 0) is 0 Å². The number of anilines is 2. The lowest BCUT2D eigenvalue weighted by molar-refractivity contribution is -0.175. The van der Waals surface area contributed by atoms with Crippen molar-refractivity contribution in [2.24, 2.45) is 5.41 Å². The second kappa shape index (κ2) is 6.70. The second-order valence-electron chi connectivity index (χ2n) is 7.51. The minimum absolute atomic E-state index is 0.0777. The van der Waals surface area contributed by atoms with Gasteiger partial charge in [0.1, 0.15) is 5.82 Å². The molecular weight excluding hydrogens is 383 g/mol. The predicted molar refractivity (Wildman–Crippen MR) is 96.0 cm³/mol. The van der Waals surface area contributed by atoms with Crippen LogP contribution >= 0.6 is 11.6 Å². The zero-order chi connectivity index (χ0) is 20.0. The Balaban J connectivity index is 1.92. The number of halogens is 4. The summed E-state index contributed by atoms with van der Waals surface area (Å²) >= 11 is 5.90. The highest BCUT2D eigenvalue weighted by molar-refractivity contribution is 6.32. The van der Waals surface area contributed by atoms with Gasteiger partial charge in [0.2, 0.25) is 0 Å². The number of pyridine rings is 1. The molecule has 2 N–H and O–H groups in total. The molecule has 1 aliphatic heterocycles. The van der Waals surface area contributed by atoms with Gasteiger partial charge in [-0.25, -0.2) is 9.67 Å². The van der Waals surface area contributed by atoms with Gasteiger partial charge in [0.25, 0.3) is 5.91 Å². The molecule has 2 aromatic heterocycles. The van der Waals surface area contributed by atoms with Gasteiger partial charge < -0.3 is 10.6 Å². The van der Waals surface area contributed by atoms with Crippen LogP contribution < -0.4 is 10.6 Å². The van der Waals surface area contributed by atoms with Gasteiger partial charge in [-0.1, -0.05) is 32.4 Å². The molecule has 3 heterocycles. The molecule has 1 amide bonds. The summed E-state index contributed by atoms with van der Waals surface area (Å²) in [6.45, 7) is 5.59. The molecule has 10 heteroatoms. The molecule has 6 nitrogen and oxygen atoms in total. The van der Waals surface area contributed by atoms with Crippen molar-refractivity contribution in [1.82, 2.24) is 14.8 Å². The Morgan fingerprint density at radius 2 is 2.07 bits per heavy atom. The summed E-state index contributed by atoms with van der Waals surface area (Å²) < 4.78 is 41.6. The summed E-state index contributed by atoms with van der Waals surface area (Å²) in [6, 6.07) is 2.21. The maximum Gasteiger partial charge on any atom is 0.410 e. The number of nitrogens with zero attached hydrogens (tertiary/aromatic N) is 3. The minimum atomic E-state index is -4.48. The fourth-order valence-electron chi connectivity index (χ4n) is 2.92. The average Bonchev–Trinajstić information content (AvgIpc) is 2.98. The lowest BCUT2D eigenvalue weighted by Gasteiger charge is -2.39. The highest BCUT2D eigenvalue weighted by Gasteiger charge is 2.48. The summed E-state index contributed by atoms with van der Waals surface area (Å²) in [4.78, 5) is 16.3.